The molecule has 28 heavy (non-hydrogen) atoms. The zero-order chi connectivity index (χ0) is 20.1. The lowest BCUT2D eigenvalue weighted by atomic mass is 10.0. The maximum absolute atomic E-state index is 12.6. The van der Waals surface area contributed by atoms with Gasteiger partial charge in [-0.15, -0.1) is 11.3 Å². The Hall–Kier alpha value is -2.63. The van der Waals surface area contributed by atoms with Crippen molar-refractivity contribution in [2.24, 2.45) is 0 Å². The molecular weight excluding hydrogens is 394 g/mol. The van der Waals surface area contributed by atoms with Gasteiger partial charge in [0.15, 0.2) is 0 Å². The molecule has 3 aromatic rings. The lowest BCUT2D eigenvalue weighted by Gasteiger charge is -2.09. The molecule has 0 spiro atoms. The van der Waals surface area contributed by atoms with Gasteiger partial charge in [0.05, 0.1) is 13.0 Å². The molecule has 0 atom stereocenters. The smallest absolute Gasteiger partial charge is 0.341 e. The van der Waals surface area contributed by atoms with Gasteiger partial charge in [-0.05, 0) is 37.1 Å². The lowest BCUT2D eigenvalue weighted by Crippen LogP contribution is -2.16. The van der Waals surface area contributed by atoms with Crippen LogP contribution in [0.3, 0.4) is 0 Å². The fourth-order valence-electron chi connectivity index (χ4n) is 2.76. The van der Waals surface area contributed by atoms with Crippen molar-refractivity contribution in [1.29, 1.82) is 0 Å². The van der Waals surface area contributed by atoms with Crippen molar-refractivity contribution < 1.29 is 14.3 Å². The topological polar surface area (TPSA) is 55.4 Å². The highest BCUT2D eigenvalue weighted by Crippen LogP contribution is 2.36. The molecule has 0 saturated heterocycles. The molecule has 144 valence electrons. The van der Waals surface area contributed by atoms with E-state index in [4.69, 9.17) is 16.3 Å². The summed E-state index contributed by atoms with van der Waals surface area (Å²) in [6.07, 6.45) is 0.192. The maximum Gasteiger partial charge on any atom is 0.341 e. The number of rotatable bonds is 6. The second kappa shape index (κ2) is 9.04. The van der Waals surface area contributed by atoms with Gasteiger partial charge in [-0.2, -0.15) is 0 Å². The van der Waals surface area contributed by atoms with Crippen LogP contribution in [0.4, 0.5) is 5.00 Å². The van der Waals surface area contributed by atoms with Gasteiger partial charge in [-0.3, -0.25) is 4.79 Å². The number of carbonyl (C=O) groups excluding carboxylic acids is 2. The number of hydrogen-bond acceptors (Lipinski definition) is 4. The third-order valence-corrected chi connectivity index (χ3v) is 5.31. The Morgan fingerprint density at radius 2 is 1.75 bits per heavy atom. The number of anilines is 1. The summed E-state index contributed by atoms with van der Waals surface area (Å²) in [5.41, 5.74) is 4.02. The molecule has 1 N–H and O–H groups in total. The summed E-state index contributed by atoms with van der Waals surface area (Å²) in [5.74, 6) is -0.647. The van der Waals surface area contributed by atoms with Gasteiger partial charge in [-0.1, -0.05) is 53.6 Å². The Balaban J connectivity index is 1.87. The number of benzene rings is 2. The largest absolute Gasteiger partial charge is 0.462 e. The SMILES string of the molecule is CCOC(=O)c1c(-c2ccc(C)cc2)csc1NC(=O)Cc1ccc(Cl)cc1. The summed E-state index contributed by atoms with van der Waals surface area (Å²) < 4.78 is 5.23. The zero-order valence-electron chi connectivity index (χ0n) is 15.6. The molecule has 0 unspecified atom stereocenters. The van der Waals surface area contributed by atoms with E-state index in [0.29, 0.717) is 15.6 Å². The maximum atomic E-state index is 12.6. The molecule has 0 aliphatic rings. The molecule has 1 heterocycles. The number of ether oxygens (including phenoxy) is 1. The minimum Gasteiger partial charge on any atom is -0.462 e. The quantitative estimate of drug-likeness (QED) is 0.524. The van der Waals surface area contributed by atoms with Crippen LogP contribution >= 0.6 is 22.9 Å². The Bertz CT molecular complexity index is 978. The van der Waals surface area contributed by atoms with Crippen LogP contribution in [0, 0.1) is 6.92 Å². The Labute approximate surface area is 173 Å². The first-order chi connectivity index (χ1) is 13.5. The van der Waals surface area contributed by atoms with E-state index in [1.807, 2.05) is 36.6 Å². The summed E-state index contributed by atoms with van der Waals surface area (Å²) in [5, 5.41) is 5.84. The average molecular weight is 414 g/mol. The number of nitrogens with one attached hydrogen (secondary N) is 1. The lowest BCUT2D eigenvalue weighted by molar-refractivity contribution is -0.115. The third kappa shape index (κ3) is 4.80. The molecule has 4 nitrogen and oxygen atoms in total. The Morgan fingerprint density at radius 1 is 1.07 bits per heavy atom. The number of hydrogen-bond donors (Lipinski definition) is 1. The molecule has 0 radical (unpaired) electrons. The van der Waals surface area contributed by atoms with Gasteiger partial charge in [0.25, 0.3) is 0 Å². The second-order valence-electron chi connectivity index (χ2n) is 6.29. The molecule has 0 aliphatic heterocycles. The average Bonchev–Trinajstić information content (AvgIpc) is 3.08. The van der Waals surface area contributed by atoms with E-state index in [-0.39, 0.29) is 18.9 Å². The molecule has 0 saturated carbocycles. The number of amides is 1. The van der Waals surface area contributed by atoms with E-state index >= 15 is 0 Å². The Kier molecular flexibility index (Phi) is 6.49. The van der Waals surface area contributed by atoms with Gasteiger partial charge >= 0.3 is 5.97 Å². The van der Waals surface area contributed by atoms with Gasteiger partial charge in [-0.25, -0.2) is 4.79 Å². The molecule has 0 bridgehead atoms. The van der Waals surface area contributed by atoms with E-state index in [2.05, 4.69) is 5.32 Å². The first kappa shape index (κ1) is 20.1. The van der Waals surface area contributed by atoms with Crippen molar-refractivity contribution in [2.75, 3.05) is 11.9 Å². The molecular formula is C22H20ClNO3S. The minimum atomic E-state index is -0.443. The summed E-state index contributed by atoms with van der Waals surface area (Å²) in [4.78, 5) is 25.1. The summed E-state index contributed by atoms with van der Waals surface area (Å²) in [6.45, 7) is 4.03. The first-order valence-electron chi connectivity index (χ1n) is 8.88. The fraction of sp³-hybridized carbons (Fsp3) is 0.182. The van der Waals surface area contributed by atoms with E-state index in [0.717, 1.165) is 22.3 Å². The van der Waals surface area contributed by atoms with Gasteiger partial charge in [0, 0.05) is 16.0 Å². The van der Waals surface area contributed by atoms with Crippen LogP contribution in [-0.2, 0) is 16.0 Å². The van der Waals surface area contributed by atoms with Crippen LogP contribution in [0.5, 0.6) is 0 Å². The standard InChI is InChI=1S/C22H20ClNO3S/c1-3-27-22(26)20-18(16-8-4-14(2)5-9-16)13-28-21(20)24-19(25)12-15-6-10-17(23)11-7-15/h4-11,13H,3,12H2,1-2H3,(H,24,25). The van der Waals surface area contributed by atoms with Crippen LogP contribution in [0.25, 0.3) is 11.1 Å². The molecule has 0 aliphatic carbocycles. The molecule has 1 aromatic heterocycles. The van der Waals surface area contributed by atoms with E-state index in [1.165, 1.54) is 11.3 Å². The van der Waals surface area contributed by atoms with Gasteiger partial charge in [0.2, 0.25) is 5.91 Å². The molecule has 1 amide bonds. The van der Waals surface area contributed by atoms with Crippen molar-refractivity contribution >= 4 is 39.8 Å². The van der Waals surface area contributed by atoms with E-state index in [1.54, 1.807) is 31.2 Å². The first-order valence-corrected chi connectivity index (χ1v) is 10.1. The van der Waals surface area contributed by atoms with Crippen LogP contribution in [0.2, 0.25) is 5.02 Å². The highest BCUT2D eigenvalue weighted by atomic mass is 35.5. The van der Waals surface area contributed by atoms with Crippen LogP contribution in [0.1, 0.15) is 28.4 Å². The second-order valence-corrected chi connectivity index (χ2v) is 7.61. The van der Waals surface area contributed by atoms with E-state index < -0.39 is 5.97 Å². The van der Waals surface area contributed by atoms with Crippen molar-refractivity contribution in [3.8, 4) is 11.1 Å². The summed E-state index contributed by atoms with van der Waals surface area (Å²) in [6, 6.07) is 15.0. The number of thiophene rings is 1. The summed E-state index contributed by atoms with van der Waals surface area (Å²) in [7, 11) is 0. The predicted molar refractivity (Wildman–Crippen MR) is 114 cm³/mol. The molecule has 6 heteroatoms. The van der Waals surface area contributed by atoms with Gasteiger partial charge < -0.3 is 10.1 Å². The third-order valence-electron chi connectivity index (χ3n) is 4.16. The van der Waals surface area contributed by atoms with Crippen LogP contribution < -0.4 is 5.32 Å². The number of carbonyl (C=O) groups is 2. The van der Waals surface area contributed by atoms with Crippen molar-refractivity contribution in [3.05, 3.63) is 75.6 Å². The normalized spacial score (nSPS) is 10.5. The monoisotopic (exact) mass is 413 g/mol. The van der Waals surface area contributed by atoms with Crippen molar-refractivity contribution in [2.45, 2.75) is 20.3 Å². The Morgan fingerprint density at radius 3 is 2.39 bits per heavy atom. The number of aryl methyl sites for hydroxylation is 1. The molecule has 2 aromatic carbocycles. The van der Waals surface area contributed by atoms with Crippen molar-refractivity contribution in [3.63, 3.8) is 0 Å². The number of halogens is 1. The molecule has 0 fully saturated rings. The van der Waals surface area contributed by atoms with Gasteiger partial charge in [0.1, 0.15) is 10.6 Å². The summed E-state index contributed by atoms with van der Waals surface area (Å²) >= 11 is 7.20. The molecule has 3 rings (SSSR count). The fourth-order valence-corrected chi connectivity index (χ4v) is 3.86. The zero-order valence-corrected chi connectivity index (χ0v) is 17.2. The predicted octanol–water partition coefficient (Wildman–Crippen LogP) is 5.73. The van der Waals surface area contributed by atoms with E-state index in [9.17, 15) is 9.59 Å². The highest BCUT2D eigenvalue weighted by Gasteiger charge is 2.22. The highest BCUT2D eigenvalue weighted by molar-refractivity contribution is 7.15. The van der Waals surface area contributed by atoms with Crippen molar-refractivity contribution in [1.82, 2.24) is 0 Å². The van der Waals surface area contributed by atoms with Crippen LogP contribution in [-0.4, -0.2) is 18.5 Å². The number of esters is 1. The van der Waals surface area contributed by atoms with Crippen LogP contribution in [0.15, 0.2) is 53.9 Å². The minimum absolute atomic E-state index is 0.192.